The van der Waals surface area contributed by atoms with E-state index in [0.29, 0.717) is 12.0 Å². The quantitative estimate of drug-likeness (QED) is 0.835. The van der Waals surface area contributed by atoms with E-state index in [4.69, 9.17) is 0 Å². The first-order chi connectivity index (χ1) is 8.20. The van der Waals surface area contributed by atoms with Gasteiger partial charge in [-0.3, -0.25) is 0 Å². The monoisotopic (exact) mass is 235 g/mol. The van der Waals surface area contributed by atoms with Crippen molar-refractivity contribution < 1.29 is 4.39 Å². The Balaban J connectivity index is 2.21. The number of aryl methyl sites for hydroxylation is 1. The molecule has 0 bridgehead atoms. The highest BCUT2D eigenvalue weighted by Gasteiger charge is 2.24. The van der Waals surface area contributed by atoms with E-state index in [0.717, 1.165) is 11.1 Å². The molecular weight excluding hydrogens is 213 g/mol. The fourth-order valence-electron chi connectivity index (χ4n) is 3.09. The molecule has 0 amide bonds. The second kappa shape index (κ2) is 5.63. The minimum Gasteiger partial charge on any atom is -0.313 e. The van der Waals surface area contributed by atoms with Crippen LogP contribution >= 0.6 is 0 Å². The van der Waals surface area contributed by atoms with E-state index in [2.05, 4.69) is 11.4 Å². The number of rotatable bonds is 3. The van der Waals surface area contributed by atoms with Gasteiger partial charge in [-0.25, -0.2) is 4.39 Å². The molecule has 0 heterocycles. The van der Waals surface area contributed by atoms with Crippen LogP contribution in [0.25, 0.3) is 0 Å². The number of halogens is 1. The first-order valence-corrected chi connectivity index (χ1v) is 6.65. The molecule has 0 saturated heterocycles. The van der Waals surface area contributed by atoms with Gasteiger partial charge in [0.2, 0.25) is 0 Å². The number of nitrogens with one attached hydrogen (secondary N) is 1. The summed E-state index contributed by atoms with van der Waals surface area (Å²) in [5.41, 5.74) is 2.12. The highest BCUT2D eigenvalue weighted by molar-refractivity contribution is 5.26. The largest absolute Gasteiger partial charge is 0.313 e. The van der Waals surface area contributed by atoms with Gasteiger partial charge in [0, 0.05) is 6.04 Å². The van der Waals surface area contributed by atoms with E-state index in [1.807, 2.05) is 14.0 Å². The number of benzene rings is 1. The topological polar surface area (TPSA) is 12.0 Å². The molecule has 1 aromatic rings. The van der Waals surface area contributed by atoms with Crippen molar-refractivity contribution in [3.8, 4) is 0 Å². The van der Waals surface area contributed by atoms with Gasteiger partial charge in [-0.1, -0.05) is 25.3 Å². The zero-order valence-corrected chi connectivity index (χ0v) is 10.8. The summed E-state index contributed by atoms with van der Waals surface area (Å²) in [5.74, 6) is 0.547. The Kier molecular flexibility index (Phi) is 4.16. The van der Waals surface area contributed by atoms with Gasteiger partial charge in [0.05, 0.1) is 0 Å². The van der Waals surface area contributed by atoms with Crippen LogP contribution in [0.4, 0.5) is 4.39 Å². The standard InChI is InChI=1S/C15H22FN/c1-11-8-13(10-14(16)9-11)15(17-2)12-6-4-3-5-7-12/h8-10,12,15,17H,3-7H2,1-2H3. The van der Waals surface area contributed by atoms with Crippen LogP contribution in [0.1, 0.15) is 49.3 Å². The van der Waals surface area contributed by atoms with E-state index in [9.17, 15) is 4.39 Å². The molecule has 0 radical (unpaired) electrons. The van der Waals surface area contributed by atoms with Crippen LogP contribution in [-0.2, 0) is 0 Å². The van der Waals surface area contributed by atoms with Gasteiger partial charge >= 0.3 is 0 Å². The molecule has 1 aromatic carbocycles. The van der Waals surface area contributed by atoms with E-state index in [1.165, 1.54) is 32.1 Å². The highest BCUT2D eigenvalue weighted by Crippen LogP contribution is 2.34. The molecule has 1 fully saturated rings. The lowest BCUT2D eigenvalue weighted by molar-refractivity contribution is 0.281. The van der Waals surface area contributed by atoms with Crippen molar-refractivity contribution in [2.24, 2.45) is 5.92 Å². The lowest BCUT2D eigenvalue weighted by atomic mass is 9.81. The molecule has 0 spiro atoms. The summed E-state index contributed by atoms with van der Waals surface area (Å²) < 4.78 is 13.5. The van der Waals surface area contributed by atoms with Crippen LogP contribution in [0.2, 0.25) is 0 Å². The van der Waals surface area contributed by atoms with E-state index >= 15 is 0 Å². The highest BCUT2D eigenvalue weighted by atomic mass is 19.1. The molecule has 0 aromatic heterocycles. The predicted octanol–water partition coefficient (Wildman–Crippen LogP) is 3.97. The Hall–Kier alpha value is -0.890. The third kappa shape index (κ3) is 3.06. The SMILES string of the molecule is CNC(c1cc(C)cc(F)c1)C1CCCCC1. The average molecular weight is 235 g/mol. The fraction of sp³-hybridized carbons (Fsp3) is 0.600. The van der Waals surface area contributed by atoms with Gasteiger partial charge in [0.1, 0.15) is 5.82 Å². The van der Waals surface area contributed by atoms with Gasteiger partial charge in [-0.05, 0) is 56.0 Å². The van der Waals surface area contributed by atoms with Gasteiger partial charge in [0.25, 0.3) is 0 Å². The summed E-state index contributed by atoms with van der Waals surface area (Å²) in [7, 11) is 1.99. The Morgan fingerprint density at radius 2 is 1.88 bits per heavy atom. The minimum atomic E-state index is -0.115. The molecule has 1 saturated carbocycles. The molecule has 17 heavy (non-hydrogen) atoms. The lowest BCUT2D eigenvalue weighted by Gasteiger charge is -2.30. The molecule has 1 aliphatic rings. The van der Waals surface area contributed by atoms with Crippen molar-refractivity contribution in [3.05, 3.63) is 35.1 Å². The first-order valence-electron chi connectivity index (χ1n) is 6.65. The molecule has 2 rings (SSSR count). The Bertz CT molecular complexity index is 349. The predicted molar refractivity (Wildman–Crippen MR) is 69.5 cm³/mol. The zero-order chi connectivity index (χ0) is 12.3. The van der Waals surface area contributed by atoms with Crippen molar-refractivity contribution in [2.75, 3.05) is 7.05 Å². The molecule has 94 valence electrons. The van der Waals surface area contributed by atoms with Crippen LogP contribution in [0, 0.1) is 18.7 Å². The van der Waals surface area contributed by atoms with Gasteiger partial charge in [-0.2, -0.15) is 0 Å². The molecular formula is C15H22FN. The van der Waals surface area contributed by atoms with Crippen LogP contribution in [-0.4, -0.2) is 7.05 Å². The van der Waals surface area contributed by atoms with Crippen LogP contribution in [0.5, 0.6) is 0 Å². The van der Waals surface area contributed by atoms with Gasteiger partial charge in [0.15, 0.2) is 0 Å². The maximum Gasteiger partial charge on any atom is 0.123 e. The lowest BCUT2D eigenvalue weighted by Crippen LogP contribution is -2.27. The van der Waals surface area contributed by atoms with Gasteiger partial charge in [-0.15, -0.1) is 0 Å². The van der Waals surface area contributed by atoms with E-state index in [-0.39, 0.29) is 5.82 Å². The zero-order valence-electron chi connectivity index (χ0n) is 10.8. The first kappa shape index (κ1) is 12.6. The third-order valence-electron chi connectivity index (χ3n) is 3.86. The minimum absolute atomic E-state index is 0.115. The molecule has 1 atom stereocenters. The van der Waals surface area contributed by atoms with Crippen molar-refractivity contribution in [1.29, 1.82) is 0 Å². The van der Waals surface area contributed by atoms with Crippen LogP contribution in [0.3, 0.4) is 0 Å². The maximum absolute atomic E-state index is 13.5. The normalized spacial score (nSPS) is 19.2. The number of hydrogen-bond donors (Lipinski definition) is 1. The van der Waals surface area contributed by atoms with E-state index in [1.54, 1.807) is 12.1 Å². The Morgan fingerprint density at radius 3 is 2.47 bits per heavy atom. The molecule has 1 N–H and O–H groups in total. The summed E-state index contributed by atoms with van der Waals surface area (Å²) >= 11 is 0. The fourth-order valence-corrected chi connectivity index (χ4v) is 3.09. The second-order valence-electron chi connectivity index (χ2n) is 5.23. The van der Waals surface area contributed by atoms with Crippen molar-refractivity contribution in [2.45, 2.75) is 45.1 Å². The van der Waals surface area contributed by atoms with Crippen molar-refractivity contribution in [1.82, 2.24) is 5.32 Å². The summed E-state index contributed by atoms with van der Waals surface area (Å²) in [6, 6.07) is 5.70. The smallest absolute Gasteiger partial charge is 0.123 e. The molecule has 1 aliphatic carbocycles. The summed E-state index contributed by atoms with van der Waals surface area (Å²) in [6.45, 7) is 1.96. The average Bonchev–Trinajstić information content (AvgIpc) is 2.30. The maximum atomic E-state index is 13.5. The van der Waals surface area contributed by atoms with Crippen molar-refractivity contribution >= 4 is 0 Å². The number of hydrogen-bond acceptors (Lipinski definition) is 1. The van der Waals surface area contributed by atoms with Crippen LogP contribution in [0.15, 0.2) is 18.2 Å². The van der Waals surface area contributed by atoms with Crippen molar-refractivity contribution in [3.63, 3.8) is 0 Å². The summed E-state index contributed by atoms with van der Waals surface area (Å²) in [4.78, 5) is 0. The molecule has 2 heteroatoms. The van der Waals surface area contributed by atoms with Crippen LogP contribution < -0.4 is 5.32 Å². The Labute approximate surface area is 103 Å². The second-order valence-corrected chi connectivity index (χ2v) is 5.23. The molecule has 0 aliphatic heterocycles. The molecule has 1 unspecified atom stereocenters. The van der Waals surface area contributed by atoms with Gasteiger partial charge < -0.3 is 5.32 Å². The summed E-state index contributed by atoms with van der Waals surface area (Å²) in [5, 5.41) is 3.38. The third-order valence-corrected chi connectivity index (χ3v) is 3.86. The Morgan fingerprint density at radius 1 is 1.18 bits per heavy atom. The molecule has 1 nitrogen and oxygen atoms in total. The van der Waals surface area contributed by atoms with E-state index < -0.39 is 0 Å². The summed E-state index contributed by atoms with van der Waals surface area (Å²) in [6.07, 6.45) is 6.52.